The van der Waals surface area contributed by atoms with Crippen molar-refractivity contribution in [2.45, 2.75) is 16.7 Å². The first-order valence-corrected chi connectivity index (χ1v) is 16.1. The predicted molar refractivity (Wildman–Crippen MR) is 144 cm³/mol. The Morgan fingerprint density at radius 1 is 0.900 bits per heavy atom. The van der Waals surface area contributed by atoms with E-state index in [2.05, 4.69) is 29.8 Å². The molecule has 222 valence electrons. The average molecular weight is 663 g/mol. The molecule has 0 spiro atoms. The van der Waals surface area contributed by atoms with Crippen molar-refractivity contribution < 1.29 is 52.5 Å². The number of aromatic nitrogens is 3. The predicted octanol–water partition coefficient (Wildman–Crippen LogP) is 2.83. The van der Waals surface area contributed by atoms with Gasteiger partial charge in [0.1, 0.15) is 4.90 Å². The van der Waals surface area contributed by atoms with Crippen LogP contribution in [0.25, 0.3) is 0 Å². The minimum Gasteiger partial charge on any atom is -0.772 e. The first kappa shape index (κ1) is 33.7. The van der Waals surface area contributed by atoms with E-state index in [1.54, 1.807) is 24.3 Å². The Hall–Kier alpha value is -2.54. The third-order valence-corrected chi connectivity index (χ3v) is 7.25. The summed E-state index contributed by atoms with van der Waals surface area (Å²) in [7, 11) is -9.61. The van der Waals surface area contributed by atoms with Crippen molar-refractivity contribution in [3.05, 3.63) is 53.3 Å². The number of anilines is 4. The number of rotatable bonds is 10. The van der Waals surface area contributed by atoms with Gasteiger partial charge in [-0.2, -0.15) is 31.8 Å². The summed E-state index contributed by atoms with van der Waals surface area (Å²) in [5, 5.41) is 5.24. The Morgan fingerprint density at radius 2 is 1.45 bits per heavy atom. The van der Waals surface area contributed by atoms with Crippen LogP contribution in [-0.2, 0) is 35.5 Å². The summed E-state index contributed by atoms with van der Waals surface area (Å²) in [6.45, 7) is 0.889. The Bertz CT molecular complexity index is 1570. The maximum atomic E-state index is 11.8. The standard InChI is InChI=1S/C16H14ClN5O6S2.C2H8O6S2/c1-9-7-11(13(30(26,27)28)8-12(9)29(23,24)25)19-16-21-14(17)20-15(22-16)18-10-5-3-2-4-6-10;3-9(4)2-1-8-10(5,6)7/h2-8H,1H3,(H,23,24,25)(H,26,27,28)(H2,18,19,20,21,22);5-7H,1-2H2,(H,3,4)/p-1. The molecule has 1 heterocycles. The molecule has 0 aliphatic carbocycles. The second-order valence-corrected chi connectivity index (χ2v) is 12.5. The third-order valence-electron chi connectivity index (χ3n) is 4.21. The van der Waals surface area contributed by atoms with Crippen molar-refractivity contribution in [2.24, 2.45) is 0 Å². The summed E-state index contributed by atoms with van der Waals surface area (Å²) in [6, 6.07) is 10.6. The van der Waals surface area contributed by atoms with Gasteiger partial charge in [-0.25, -0.2) is 0 Å². The van der Waals surface area contributed by atoms with Gasteiger partial charge in [0, 0.05) is 11.4 Å². The van der Waals surface area contributed by atoms with E-state index in [-0.39, 0.29) is 34.2 Å². The van der Waals surface area contributed by atoms with Crippen molar-refractivity contribution >= 4 is 77.3 Å². The maximum Gasteiger partial charge on any atom is 0.296 e. The van der Waals surface area contributed by atoms with Crippen molar-refractivity contribution in [1.82, 2.24) is 15.0 Å². The molecule has 22 heteroatoms. The lowest BCUT2D eigenvalue weighted by Crippen LogP contribution is -2.10. The summed E-state index contributed by atoms with van der Waals surface area (Å²) >= 11 is -0.382. The van der Waals surface area contributed by atoms with Crippen molar-refractivity contribution in [3.63, 3.8) is 0 Å². The number of nitrogens with zero attached hydrogens (tertiary/aromatic N) is 3. The van der Waals surface area contributed by atoms with E-state index >= 15 is 0 Å². The monoisotopic (exact) mass is 662 g/mol. The van der Waals surface area contributed by atoms with Crippen LogP contribution in [0.4, 0.5) is 23.3 Å². The summed E-state index contributed by atoms with van der Waals surface area (Å²) in [4.78, 5) is 10.3. The Balaban J connectivity index is 0.000000478. The van der Waals surface area contributed by atoms with Crippen LogP contribution in [0, 0.1) is 6.92 Å². The van der Waals surface area contributed by atoms with Gasteiger partial charge in [0.25, 0.3) is 20.2 Å². The molecular weight excluding hydrogens is 642 g/mol. The molecule has 1 aromatic heterocycles. The van der Waals surface area contributed by atoms with E-state index in [1.165, 1.54) is 6.92 Å². The summed E-state index contributed by atoms with van der Waals surface area (Å²) in [6.07, 6.45) is 0. The molecule has 2 aromatic carbocycles. The van der Waals surface area contributed by atoms with Crippen LogP contribution in [0.5, 0.6) is 0 Å². The first-order chi connectivity index (χ1) is 18.3. The van der Waals surface area contributed by atoms with Gasteiger partial charge < -0.3 is 15.2 Å². The molecule has 1 unspecified atom stereocenters. The van der Waals surface area contributed by atoms with Crippen molar-refractivity contribution in [3.8, 4) is 0 Å². The maximum absolute atomic E-state index is 11.8. The van der Waals surface area contributed by atoms with E-state index in [4.69, 9.17) is 25.3 Å². The van der Waals surface area contributed by atoms with E-state index in [9.17, 15) is 34.7 Å². The Kier molecular flexibility index (Phi) is 11.7. The number of benzene rings is 2. The highest BCUT2D eigenvalue weighted by molar-refractivity contribution is 8.15. The van der Waals surface area contributed by atoms with Crippen LogP contribution in [-0.4, -0.2) is 75.7 Å². The van der Waals surface area contributed by atoms with Crippen LogP contribution in [0.15, 0.2) is 52.3 Å². The fraction of sp³-hybridized carbons (Fsp3) is 0.167. The molecule has 3 rings (SSSR count). The zero-order valence-corrected chi connectivity index (χ0v) is 23.9. The van der Waals surface area contributed by atoms with Gasteiger partial charge in [0.2, 0.25) is 28.3 Å². The smallest absolute Gasteiger partial charge is 0.296 e. The van der Waals surface area contributed by atoms with Gasteiger partial charge in [-0.3, -0.25) is 31.2 Å². The lowest BCUT2D eigenvalue weighted by molar-refractivity contribution is 0.213. The second kappa shape index (κ2) is 13.9. The molecule has 7 N–H and O–H groups in total. The van der Waals surface area contributed by atoms with Crippen LogP contribution in [0.2, 0.25) is 5.28 Å². The minimum absolute atomic E-state index is 0.00943. The Morgan fingerprint density at radius 3 is 1.95 bits per heavy atom. The van der Waals surface area contributed by atoms with E-state index in [0.717, 1.165) is 6.07 Å². The zero-order valence-electron chi connectivity index (χ0n) is 19.9. The van der Waals surface area contributed by atoms with E-state index in [1.807, 2.05) is 6.07 Å². The first-order valence-electron chi connectivity index (χ1n) is 10.2. The van der Waals surface area contributed by atoms with E-state index < -0.39 is 58.9 Å². The topological polar surface area (TPSA) is 282 Å². The highest BCUT2D eigenvalue weighted by Crippen LogP contribution is 2.33. The molecule has 17 nitrogen and oxygen atoms in total. The highest BCUT2D eigenvalue weighted by atomic mass is 35.5. The van der Waals surface area contributed by atoms with Crippen LogP contribution in [0.1, 0.15) is 5.56 Å². The molecule has 0 saturated carbocycles. The number of para-hydroxylation sites is 1. The van der Waals surface area contributed by atoms with Crippen LogP contribution in [0.3, 0.4) is 0 Å². The third kappa shape index (κ3) is 11.5. The SMILES string of the molecule is Cc1cc(Nc2nc(Cl)nc(Nc3ccccc3)n2)c(S(=O)(=O)O)cc1S(=O)(=O)O.O=S([O-])CCOS(O)(O)O. The lowest BCUT2D eigenvalue weighted by atomic mass is 10.2. The van der Waals surface area contributed by atoms with Gasteiger partial charge in [0.15, 0.2) is 0 Å². The average Bonchev–Trinajstić information content (AvgIpc) is 2.77. The molecule has 0 saturated heterocycles. The summed E-state index contributed by atoms with van der Waals surface area (Å²) in [5.41, 5.74) is 0.420. The quantitative estimate of drug-likeness (QED) is 0.121. The number of halogens is 1. The largest absolute Gasteiger partial charge is 0.772 e. The molecular formula is C18H21ClN5O12S4-. The summed E-state index contributed by atoms with van der Waals surface area (Å²) in [5.74, 6) is -0.517. The van der Waals surface area contributed by atoms with Crippen molar-refractivity contribution in [1.29, 1.82) is 0 Å². The van der Waals surface area contributed by atoms with Crippen LogP contribution >= 0.6 is 22.8 Å². The molecule has 0 aliphatic rings. The van der Waals surface area contributed by atoms with Crippen molar-refractivity contribution in [2.75, 3.05) is 23.0 Å². The molecule has 0 fully saturated rings. The highest BCUT2D eigenvalue weighted by Gasteiger charge is 2.24. The molecule has 1 atom stereocenters. The second-order valence-electron chi connectivity index (χ2n) is 7.23. The lowest BCUT2D eigenvalue weighted by Gasteiger charge is -2.17. The molecule has 40 heavy (non-hydrogen) atoms. The molecule has 0 radical (unpaired) electrons. The zero-order chi connectivity index (χ0) is 30.3. The van der Waals surface area contributed by atoms with Gasteiger partial charge in [-0.15, -0.1) is 0 Å². The number of nitrogens with one attached hydrogen (secondary N) is 2. The number of hydrogen-bond donors (Lipinski definition) is 7. The van der Waals surface area contributed by atoms with Gasteiger partial charge in [-0.1, -0.05) is 29.3 Å². The molecule has 3 aromatic rings. The summed E-state index contributed by atoms with van der Waals surface area (Å²) < 4.78 is 113. The molecule has 0 aliphatic heterocycles. The normalized spacial score (nSPS) is 13.1. The van der Waals surface area contributed by atoms with Gasteiger partial charge in [-0.05, 0) is 48.4 Å². The van der Waals surface area contributed by atoms with Gasteiger partial charge in [0.05, 0.1) is 17.2 Å². The molecule has 0 amide bonds. The van der Waals surface area contributed by atoms with E-state index in [0.29, 0.717) is 11.8 Å². The molecule has 0 bridgehead atoms. The number of aryl methyl sites for hydroxylation is 1. The fourth-order valence-electron chi connectivity index (χ4n) is 2.71. The number of hydrogen-bond acceptors (Lipinski definition) is 15. The van der Waals surface area contributed by atoms with Crippen LogP contribution < -0.4 is 10.6 Å². The Labute approximate surface area is 237 Å². The minimum atomic E-state index is -4.88. The van der Waals surface area contributed by atoms with Gasteiger partial charge >= 0.3 is 0 Å². The fourth-order valence-corrected chi connectivity index (χ4v) is 4.96.